The average molecular weight is 491 g/mol. The van der Waals surface area contributed by atoms with E-state index < -0.39 is 6.04 Å². The fraction of sp³-hybridized carbons (Fsp3) is 0.462. The summed E-state index contributed by atoms with van der Waals surface area (Å²) in [5, 5.41) is 3.76. The molecule has 0 unspecified atom stereocenters. The fourth-order valence-electron chi connectivity index (χ4n) is 3.42. The van der Waals surface area contributed by atoms with Crippen molar-refractivity contribution in [2.75, 3.05) is 12.9 Å². The molecule has 0 aliphatic heterocycles. The molecule has 180 valence electrons. The normalized spacial score (nSPS) is 12.6. The number of amides is 2. The van der Waals surface area contributed by atoms with Gasteiger partial charge in [0.05, 0.1) is 7.11 Å². The Kier molecular flexibility index (Phi) is 11.6. The van der Waals surface area contributed by atoms with Crippen LogP contribution in [0, 0.1) is 0 Å². The molecule has 0 heterocycles. The Morgan fingerprint density at radius 1 is 1.12 bits per heavy atom. The first-order chi connectivity index (χ1) is 15.9. The summed E-state index contributed by atoms with van der Waals surface area (Å²) in [6, 6.07) is 14.9. The highest BCUT2D eigenvalue weighted by molar-refractivity contribution is 7.99. The zero-order valence-electron chi connectivity index (χ0n) is 20.0. The summed E-state index contributed by atoms with van der Waals surface area (Å²) in [5.74, 6) is 1.44. The summed E-state index contributed by atoms with van der Waals surface area (Å²) >= 11 is 7.64. The molecule has 0 aliphatic carbocycles. The van der Waals surface area contributed by atoms with Gasteiger partial charge in [0.15, 0.2) is 0 Å². The number of methoxy groups -OCH3 is 1. The fourth-order valence-corrected chi connectivity index (χ4v) is 4.39. The molecule has 0 saturated heterocycles. The summed E-state index contributed by atoms with van der Waals surface area (Å²) in [4.78, 5) is 29.2. The van der Waals surface area contributed by atoms with Gasteiger partial charge in [-0.15, -0.1) is 11.8 Å². The van der Waals surface area contributed by atoms with Gasteiger partial charge < -0.3 is 15.0 Å². The van der Waals surface area contributed by atoms with E-state index in [1.807, 2.05) is 69.3 Å². The maximum absolute atomic E-state index is 13.3. The van der Waals surface area contributed by atoms with Gasteiger partial charge >= 0.3 is 0 Å². The molecule has 1 N–H and O–H groups in total. The first-order valence-electron chi connectivity index (χ1n) is 11.5. The molecule has 0 radical (unpaired) electrons. The molecule has 0 aromatic heterocycles. The second-order valence-corrected chi connectivity index (χ2v) is 9.63. The van der Waals surface area contributed by atoms with Gasteiger partial charge in [-0.1, -0.05) is 37.6 Å². The number of rotatable bonds is 13. The molecule has 2 rings (SSSR count). The molecule has 0 aliphatic rings. The van der Waals surface area contributed by atoms with Crippen LogP contribution in [0.25, 0.3) is 0 Å². The number of benzene rings is 2. The minimum Gasteiger partial charge on any atom is -0.497 e. The smallest absolute Gasteiger partial charge is 0.243 e. The molecule has 7 heteroatoms. The highest BCUT2D eigenvalue weighted by Crippen LogP contribution is 2.23. The van der Waals surface area contributed by atoms with E-state index in [4.69, 9.17) is 16.3 Å². The van der Waals surface area contributed by atoms with E-state index in [0.717, 1.165) is 34.8 Å². The predicted octanol–water partition coefficient (Wildman–Crippen LogP) is 5.94. The number of nitrogens with zero attached hydrogens (tertiary/aromatic N) is 1. The Labute approximate surface area is 207 Å². The van der Waals surface area contributed by atoms with Crippen LogP contribution >= 0.6 is 23.4 Å². The minimum absolute atomic E-state index is 0.0133. The Bertz CT molecular complexity index is 891. The first-order valence-corrected chi connectivity index (χ1v) is 12.8. The molecule has 0 spiro atoms. The third-order valence-corrected chi connectivity index (χ3v) is 6.84. The van der Waals surface area contributed by atoms with Crippen molar-refractivity contribution < 1.29 is 14.3 Å². The molecule has 2 amide bonds. The molecule has 0 bridgehead atoms. The molecular formula is C26H35ClN2O3S. The van der Waals surface area contributed by atoms with Crippen LogP contribution in [0.1, 0.15) is 52.0 Å². The second-order valence-electron chi connectivity index (χ2n) is 8.02. The van der Waals surface area contributed by atoms with Crippen molar-refractivity contribution in [2.24, 2.45) is 0 Å². The van der Waals surface area contributed by atoms with E-state index in [2.05, 4.69) is 5.32 Å². The topological polar surface area (TPSA) is 58.6 Å². The molecule has 0 saturated carbocycles. The van der Waals surface area contributed by atoms with Crippen molar-refractivity contribution in [2.45, 2.75) is 70.0 Å². The van der Waals surface area contributed by atoms with Crippen molar-refractivity contribution in [3.8, 4) is 5.75 Å². The van der Waals surface area contributed by atoms with Crippen LogP contribution < -0.4 is 10.1 Å². The van der Waals surface area contributed by atoms with Gasteiger partial charge in [-0.25, -0.2) is 0 Å². The monoisotopic (exact) mass is 490 g/mol. The first kappa shape index (κ1) is 27.1. The van der Waals surface area contributed by atoms with Gasteiger partial charge in [-0.05, 0) is 73.9 Å². The largest absolute Gasteiger partial charge is 0.497 e. The summed E-state index contributed by atoms with van der Waals surface area (Å²) in [7, 11) is 1.62. The zero-order valence-corrected chi connectivity index (χ0v) is 21.5. The van der Waals surface area contributed by atoms with Crippen LogP contribution in [0.4, 0.5) is 0 Å². The van der Waals surface area contributed by atoms with Crippen LogP contribution in [0.5, 0.6) is 5.75 Å². The number of thioether (sulfide) groups is 1. The highest BCUT2D eigenvalue weighted by Gasteiger charge is 2.29. The third kappa shape index (κ3) is 8.94. The number of nitrogens with one attached hydrogen (secondary N) is 1. The van der Waals surface area contributed by atoms with Crippen LogP contribution in [-0.2, 0) is 16.1 Å². The predicted molar refractivity (Wildman–Crippen MR) is 137 cm³/mol. The number of ether oxygens (including phenoxy) is 1. The lowest BCUT2D eigenvalue weighted by atomic mass is 10.1. The number of hydrogen-bond donors (Lipinski definition) is 1. The maximum atomic E-state index is 13.3. The van der Waals surface area contributed by atoms with Crippen molar-refractivity contribution >= 4 is 35.2 Å². The second kappa shape index (κ2) is 14.2. The van der Waals surface area contributed by atoms with Gasteiger partial charge in [0.25, 0.3) is 0 Å². The van der Waals surface area contributed by atoms with Crippen molar-refractivity contribution in [1.29, 1.82) is 0 Å². The Morgan fingerprint density at radius 3 is 2.48 bits per heavy atom. The molecule has 2 atom stereocenters. The lowest BCUT2D eigenvalue weighted by Crippen LogP contribution is -2.50. The number of carbonyl (C=O) groups excluding carboxylic acids is 2. The number of hydrogen-bond acceptors (Lipinski definition) is 4. The van der Waals surface area contributed by atoms with Gasteiger partial charge in [0.2, 0.25) is 11.8 Å². The van der Waals surface area contributed by atoms with Crippen LogP contribution in [0.2, 0.25) is 5.02 Å². The van der Waals surface area contributed by atoms with Crippen LogP contribution in [0.15, 0.2) is 53.4 Å². The van der Waals surface area contributed by atoms with Crippen LogP contribution in [-0.4, -0.2) is 41.7 Å². The van der Waals surface area contributed by atoms with Crippen molar-refractivity contribution in [1.82, 2.24) is 10.2 Å². The number of halogens is 1. The number of carbonyl (C=O) groups is 2. The Morgan fingerprint density at radius 2 is 1.85 bits per heavy atom. The minimum atomic E-state index is -0.512. The van der Waals surface area contributed by atoms with E-state index >= 15 is 0 Å². The van der Waals surface area contributed by atoms with Crippen molar-refractivity contribution in [3.05, 3.63) is 59.1 Å². The summed E-state index contributed by atoms with van der Waals surface area (Å²) in [6.07, 6.45) is 2.51. The van der Waals surface area contributed by atoms with E-state index in [1.54, 1.807) is 23.8 Å². The highest BCUT2D eigenvalue weighted by atomic mass is 35.5. The van der Waals surface area contributed by atoms with Gasteiger partial charge in [-0.3, -0.25) is 9.59 Å². The van der Waals surface area contributed by atoms with Crippen LogP contribution in [0.3, 0.4) is 0 Å². The van der Waals surface area contributed by atoms with E-state index in [9.17, 15) is 9.59 Å². The van der Waals surface area contributed by atoms with E-state index in [1.165, 1.54) is 0 Å². The maximum Gasteiger partial charge on any atom is 0.243 e. The molecule has 5 nitrogen and oxygen atoms in total. The Balaban J connectivity index is 2.09. The zero-order chi connectivity index (χ0) is 24.2. The van der Waals surface area contributed by atoms with E-state index in [0.29, 0.717) is 24.4 Å². The van der Waals surface area contributed by atoms with Crippen molar-refractivity contribution in [3.63, 3.8) is 0 Å². The molecule has 2 aromatic rings. The summed E-state index contributed by atoms with van der Waals surface area (Å²) in [5.41, 5.74) is 0.938. The summed E-state index contributed by atoms with van der Waals surface area (Å²) < 4.78 is 5.33. The quantitative estimate of drug-likeness (QED) is 0.278. The van der Waals surface area contributed by atoms with E-state index in [-0.39, 0.29) is 17.9 Å². The van der Waals surface area contributed by atoms with Gasteiger partial charge in [0, 0.05) is 28.9 Å². The lowest BCUT2D eigenvalue weighted by Gasteiger charge is -2.31. The average Bonchev–Trinajstić information content (AvgIpc) is 2.82. The molecular weight excluding hydrogens is 456 g/mol. The molecule has 2 aromatic carbocycles. The lowest BCUT2D eigenvalue weighted by molar-refractivity contribution is -0.141. The van der Waals surface area contributed by atoms with Gasteiger partial charge in [0.1, 0.15) is 11.8 Å². The standard InChI is InChI=1S/C26H35ClN2O3S/c1-5-19(3)28-26(31)24(6-2)29(18-20-9-7-10-22(17-20)32-4)25(30)11-8-16-33-23-14-12-21(27)13-15-23/h7,9-10,12-15,17,19,24H,5-6,8,11,16,18H2,1-4H3,(H,28,31)/t19-,24+/m1/s1. The summed E-state index contributed by atoms with van der Waals surface area (Å²) in [6.45, 7) is 6.33. The molecule has 0 fully saturated rings. The SMILES string of the molecule is CC[C@@H](C)NC(=O)[C@H](CC)N(Cc1cccc(OC)c1)C(=O)CCCSc1ccc(Cl)cc1. The third-order valence-electron chi connectivity index (χ3n) is 5.49. The Hall–Kier alpha value is -2.18. The molecule has 33 heavy (non-hydrogen) atoms. The van der Waals surface area contributed by atoms with Gasteiger partial charge in [-0.2, -0.15) is 0 Å².